The standard InChI is InChI=1S/C27H33NO5S/c1-25-7-5-19(29)9-17(25)3-4-20-21-10-18-13-28(12-16-6-8-32-14-16)33-27(18,23(31)15-34)26(21,2)11-22(30)24(20)25/h3,5-8,14,18,20-22,24,30,34H,4,9-13,15H2,1-2H3/t18-,20-,21-,22-,24+,25-,26-,27-/m0/s1. The maximum Gasteiger partial charge on any atom is 0.177 e. The van der Waals surface area contributed by atoms with Crippen molar-refractivity contribution in [2.75, 3.05) is 12.3 Å². The highest BCUT2D eigenvalue weighted by molar-refractivity contribution is 7.81. The summed E-state index contributed by atoms with van der Waals surface area (Å²) < 4.78 is 5.22. The van der Waals surface area contributed by atoms with Gasteiger partial charge in [0.15, 0.2) is 17.2 Å². The Labute approximate surface area is 205 Å². The lowest BCUT2D eigenvalue weighted by atomic mass is 9.47. The van der Waals surface area contributed by atoms with E-state index in [1.165, 1.54) is 0 Å². The van der Waals surface area contributed by atoms with Gasteiger partial charge in [-0.2, -0.15) is 17.7 Å². The van der Waals surface area contributed by atoms with Gasteiger partial charge >= 0.3 is 0 Å². The van der Waals surface area contributed by atoms with Gasteiger partial charge in [-0.25, -0.2) is 0 Å². The molecule has 1 aromatic heterocycles. The van der Waals surface area contributed by atoms with Crippen LogP contribution in [0.4, 0.5) is 0 Å². The fourth-order valence-electron chi connectivity index (χ4n) is 8.65. The normalized spacial score (nSPS) is 45.4. The van der Waals surface area contributed by atoms with Crippen molar-refractivity contribution >= 4 is 24.2 Å². The molecule has 182 valence electrons. The Morgan fingerprint density at radius 3 is 2.91 bits per heavy atom. The van der Waals surface area contributed by atoms with Crippen LogP contribution in [0.15, 0.2) is 46.8 Å². The zero-order valence-corrected chi connectivity index (χ0v) is 20.7. The Bertz CT molecular complexity index is 1080. The van der Waals surface area contributed by atoms with Gasteiger partial charge in [0.2, 0.25) is 0 Å². The Kier molecular flexibility index (Phi) is 5.13. The number of fused-ring (bicyclic) bond motifs is 7. The lowest BCUT2D eigenvalue weighted by molar-refractivity contribution is -0.251. The molecule has 4 aliphatic carbocycles. The zero-order valence-electron chi connectivity index (χ0n) is 19.8. The first-order valence-corrected chi connectivity index (χ1v) is 13.0. The van der Waals surface area contributed by atoms with Crippen LogP contribution in [-0.2, 0) is 21.0 Å². The fourth-order valence-corrected chi connectivity index (χ4v) is 8.88. The van der Waals surface area contributed by atoms with Crippen molar-refractivity contribution in [3.63, 3.8) is 0 Å². The van der Waals surface area contributed by atoms with Crippen LogP contribution in [0.3, 0.4) is 0 Å². The predicted octanol–water partition coefficient (Wildman–Crippen LogP) is 3.77. The maximum atomic E-state index is 13.6. The first-order chi connectivity index (χ1) is 16.2. The van der Waals surface area contributed by atoms with Crippen LogP contribution >= 0.6 is 12.6 Å². The van der Waals surface area contributed by atoms with E-state index < -0.39 is 17.1 Å². The monoisotopic (exact) mass is 483 g/mol. The largest absolute Gasteiger partial charge is 0.472 e. The molecule has 34 heavy (non-hydrogen) atoms. The molecule has 7 heteroatoms. The number of thiol groups is 1. The summed E-state index contributed by atoms with van der Waals surface area (Å²) in [6.07, 6.45) is 11.4. The molecule has 1 aliphatic heterocycles. The second-order valence-electron chi connectivity index (χ2n) is 11.5. The van der Waals surface area contributed by atoms with Crippen molar-refractivity contribution in [1.82, 2.24) is 5.06 Å². The van der Waals surface area contributed by atoms with Gasteiger partial charge < -0.3 is 9.52 Å². The van der Waals surface area contributed by atoms with Crippen LogP contribution in [0.1, 0.15) is 45.1 Å². The third-order valence-electron chi connectivity index (χ3n) is 10.0. The average Bonchev–Trinajstić information content (AvgIpc) is 3.49. The van der Waals surface area contributed by atoms with Crippen molar-refractivity contribution in [1.29, 1.82) is 0 Å². The van der Waals surface area contributed by atoms with Crippen LogP contribution < -0.4 is 0 Å². The van der Waals surface area contributed by atoms with E-state index in [0.29, 0.717) is 25.9 Å². The summed E-state index contributed by atoms with van der Waals surface area (Å²) in [6, 6.07) is 1.92. The third kappa shape index (κ3) is 2.87. The van der Waals surface area contributed by atoms with E-state index in [2.05, 4.69) is 32.6 Å². The second kappa shape index (κ2) is 7.66. The fraction of sp³-hybridized carbons (Fsp3) is 0.630. The molecule has 8 atom stereocenters. The number of hydrogen-bond donors (Lipinski definition) is 2. The van der Waals surface area contributed by atoms with Gasteiger partial charge in [0, 0.05) is 41.2 Å². The van der Waals surface area contributed by atoms with Gasteiger partial charge in [0.1, 0.15) is 0 Å². The van der Waals surface area contributed by atoms with E-state index in [-0.39, 0.29) is 46.4 Å². The quantitative estimate of drug-likeness (QED) is 0.501. The number of hydrogen-bond acceptors (Lipinski definition) is 7. The van der Waals surface area contributed by atoms with Gasteiger partial charge in [-0.3, -0.25) is 14.4 Å². The molecule has 3 fully saturated rings. The Morgan fingerprint density at radius 2 is 2.18 bits per heavy atom. The van der Waals surface area contributed by atoms with Crippen molar-refractivity contribution in [2.24, 2.45) is 34.5 Å². The molecule has 1 N–H and O–H groups in total. The molecule has 0 amide bonds. The Morgan fingerprint density at radius 1 is 1.35 bits per heavy atom. The summed E-state index contributed by atoms with van der Waals surface area (Å²) in [5.74, 6) is 0.869. The molecule has 2 saturated carbocycles. The molecule has 1 aromatic rings. The number of aliphatic hydroxyl groups excluding tert-OH is 1. The van der Waals surface area contributed by atoms with Crippen LogP contribution in [0.2, 0.25) is 0 Å². The van der Waals surface area contributed by atoms with Crippen LogP contribution in [0.25, 0.3) is 0 Å². The van der Waals surface area contributed by atoms with E-state index >= 15 is 0 Å². The van der Waals surface area contributed by atoms with Gasteiger partial charge in [-0.1, -0.05) is 31.6 Å². The minimum absolute atomic E-state index is 0.0209. The van der Waals surface area contributed by atoms with Gasteiger partial charge in [-0.05, 0) is 43.2 Å². The number of carbonyl (C=O) groups is 2. The summed E-state index contributed by atoms with van der Waals surface area (Å²) in [4.78, 5) is 32.4. The lowest BCUT2D eigenvalue weighted by Crippen LogP contribution is -2.62. The summed E-state index contributed by atoms with van der Waals surface area (Å²) in [5, 5.41) is 13.6. The summed E-state index contributed by atoms with van der Waals surface area (Å²) in [5.41, 5.74) is 0.378. The molecule has 6 nitrogen and oxygen atoms in total. The van der Waals surface area contributed by atoms with Crippen molar-refractivity contribution < 1.29 is 24.0 Å². The minimum Gasteiger partial charge on any atom is -0.472 e. The molecular weight excluding hydrogens is 450 g/mol. The molecule has 1 saturated heterocycles. The van der Waals surface area contributed by atoms with Gasteiger partial charge in [0.05, 0.1) is 30.9 Å². The predicted molar refractivity (Wildman–Crippen MR) is 129 cm³/mol. The van der Waals surface area contributed by atoms with E-state index in [9.17, 15) is 14.7 Å². The van der Waals surface area contributed by atoms with Crippen LogP contribution in [0, 0.1) is 34.5 Å². The SMILES string of the molecule is C[C@]12C=CC(=O)CC1=CC[C@@H]1[C@@H]2[C@@H](O)C[C@@]2(C)[C@H]1C[C@H]1CN(Cc3ccoc3)O[C@]12C(=O)CS. The smallest absolute Gasteiger partial charge is 0.177 e. The Hall–Kier alpha value is -1.67. The number of aliphatic hydroxyl groups is 1. The van der Waals surface area contributed by atoms with Crippen LogP contribution in [0.5, 0.6) is 0 Å². The molecule has 0 aromatic carbocycles. The summed E-state index contributed by atoms with van der Waals surface area (Å²) >= 11 is 4.40. The number of furan rings is 1. The molecule has 6 rings (SSSR count). The van der Waals surface area contributed by atoms with E-state index in [4.69, 9.17) is 9.25 Å². The molecule has 0 spiro atoms. The van der Waals surface area contributed by atoms with E-state index in [1.54, 1.807) is 18.6 Å². The molecule has 0 bridgehead atoms. The van der Waals surface area contributed by atoms with Crippen molar-refractivity contribution in [3.8, 4) is 0 Å². The first kappa shape index (κ1) is 22.8. The Balaban J connectivity index is 1.38. The van der Waals surface area contributed by atoms with E-state index in [0.717, 1.165) is 24.0 Å². The second-order valence-corrected chi connectivity index (χ2v) is 11.8. The minimum atomic E-state index is -0.974. The molecular formula is C27H33NO5S. The summed E-state index contributed by atoms with van der Waals surface area (Å²) in [7, 11) is 0. The topological polar surface area (TPSA) is 80.0 Å². The maximum absolute atomic E-state index is 13.6. The summed E-state index contributed by atoms with van der Waals surface area (Å²) in [6.45, 7) is 5.59. The first-order valence-electron chi connectivity index (χ1n) is 12.4. The van der Waals surface area contributed by atoms with Crippen molar-refractivity contribution in [3.05, 3.63) is 48.0 Å². The number of allylic oxidation sites excluding steroid dienone is 4. The number of carbonyl (C=O) groups excluding carboxylic acids is 2. The average molecular weight is 484 g/mol. The van der Waals surface area contributed by atoms with Crippen molar-refractivity contribution in [2.45, 2.75) is 57.8 Å². The number of hydroxylamine groups is 2. The number of rotatable bonds is 4. The lowest BCUT2D eigenvalue weighted by Gasteiger charge is -2.59. The number of ketones is 2. The van der Waals surface area contributed by atoms with Crippen LogP contribution in [-0.4, -0.2) is 45.7 Å². The molecule has 2 heterocycles. The highest BCUT2D eigenvalue weighted by Crippen LogP contribution is 2.70. The van der Waals surface area contributed by atoms with E-state index in [1.807, 2.05) is 17.2 Å². The highest BCUT2D eigenvalue weighted by Gasteiger charge is 2.74. The highest BCUT2D eigenvalue weighted by atomic mass is 32.1. The molecule has 0 radical (unpaired) electrons. The van der Waals surface area contributed by atoms with Gasteiger partial charge in [-0.15, -0.1) is 0 Å². The van der Waals surface area contributed by atoms with Gasteiger partial charge in [0.25, 0.3) is 0 Å². The molecule has 5 aliphatic rings. The number of nitrogens with zero attached hydrogens (tertiary/aromatic N) is 1. The molecule has 0 unspecified atom stereocenters. The number of Topliss-reactive ketones (excluding diaryl/α,β-unsaturated/α-hetero) is 1. The third-order valence-corrected chi connectivity index (χ3v) is 10.3. The zero-order chi connectivity index (χ0) is 23.9.